The minimum atomic E-state index is -0.568. The third kappa shape index (κ3) is 7.66. The molecule has 0 heterocycles. The molecule has 2 aromatic carbocycles. The minimum absolute atomic E-state index is 0.0136. The predicted octanol–water partition coefficient (Wildman–Crippen LogP) is 4.90. The van der Waals surface area contributed by atoms with Crippen LogP contribution in [0.4, 0.5) is 0 Å². The molecule has 0 amide bonds. The van der Waals surface area contributed by atoms with Gasteiger partial charge in [-0.05, 0) is 68.7 Å². The number of phenols is 1. The van der Waals surface area contributed by atoms with Crippen LogP contribution in [0.15, 0.2) is 42.5 Å². The number of phenolic OH excluding ortho intramolecular Hbond substituents is 1. The molecule has 0 aliphatic rings. The molecule has 0 spiro atoms. The fourth-order valence-electron chi connectivity index (χ4n) is 2.51. The van der Waals surface area contributed by atoms with Crippen molar-refractivity contribution in [2.45, 2.75) is 46.1 Å². The normalized spacial score (nSPS) is 11.4. The lowest BCUT2D eigenvalue weighted by molar-refractivity contribution is -0.156. The highest BCUT2D eigenvalue weighted by atomic mass is 16.6. The van der Waals surface area contributed by atoms with Crippen molar-refractivity contribution >= 4 is 24.1 Å². The lowest BCUT2D eigenvalue weighted by Crippen LogP contribution is -2.24. The molecule has 0 bridgehead atoms. The average Bonchev–Trinajstić information content (AvgIpc) is 2.57. The Kier molecular flexibility index (Phi) is 6.99. The Morgan fingerprint density at radius 3 is 2.14 bits per heavy atom. The van der Waals surface area contributed by atoms with E-state index in [4.69, 9.17) is 9.47 Å². The number of ether oxygens (including phenoxy) is 2. The van der Waals surface area contributed by atoms with Gasteiger partial charge in [-0.2, -0.15) is 0 Å². The number of benzene rings is 2. The number of hydrogen-bond acceptors (Lipinski definition) is 5. The number of carbonyl (C=O) groups excluding carboxylic acids is 2. The van der Waals surface area contributed by atoms with Crippen LogP contribution >= 0.6 is 0 Å². The van der Waals surface area contributed by atoms with Gasteiger partial charge in [0.1, 0.15) is 17.1 Å². The van der Waals surface area contributed by atoms with Gasteiger partial charge in [0.25, 0.3) is 0 Å². The third-order valence-corrected chi connectivity index (χ3v) is 3.62. The van der Waals surface area contributed by atoms with Gasteiger partial charge in [0.15, 0.2) is 0 Å². The Balaban J connectivity index is 1.87. The number of hydrogen-bond donors (Lipinski definition) is 1. The molecule has 0 radical (unpaired) electrons. The van der Waals surface area contributed by atoms with Gasteiger partial charge in [-0.1, -0.05) is 30.4 Å². The number of carbonyl (C=O) groups is 2. The third-order valence-electron chi connectivity index (χ3n) is 3.62. The maximum atomic E-state index is 11.9. The summed E-state index contributed by atoms with van der Waals surface area (Å²) >= 11 is 0. The van der Waals surface area contributed by atoms with E-state index in [1.54, 1.807) is 45.0 Å². The summed E-state index contributed by atoms with van der Waals surface area (Å²) in [5, 5.41) is 9.63. The van der Waals surface area contributed by atoms with Crippen LogP contribution in [-0.4, -0.2) is 22.6 Å². The van der Waals surface area contributed by atoms with E-state index in [2.05, 4.69) is 0 Å². The van der Waals surface area contributed by atoms with Crippen LogP contribution in [0.2, 0.25) is 0 Å². The van der Waals surface area contributed by atoms with Crippen LogP contribution in [-0.2, 0) is 14.3 Å². The number of rotatable bonds is 6. The summed E-state index contributed by atoms with van der Waals surface area (Å²) in [4.78, 5) is 23.5. The van der Waals surface area contributed by atoms with Crippen LogP contribution in [0.3, 0.4) is 0 Å². The van der Waals surface area contributed by atoms with Crippen molar-refractivity contribution in [1.29, 1.82) is 0 Å². The van der Waals surface area contributed by atoms with Gasteiger partial charge >= 0.3 is 11.9 Å². The Morgan fingerprint density at radius 2 is 1.54 bits per heavy atom. The van der Waals surface area contributed by atoms with E-state index in [9.17, 15) is 14.7 Å². The molecule has 0 saturated heterocycles. The van der Waals surface area contributed by atoms with E-state index in [1.807, 2.05) is 37.3 Å². The van der Waals surface area contributed by atoms with E-state index in [-0.39, 0.29) is 18.6 Å². The molecule has 148 valence electrons. The molecule has 0 aliphatic heterocycles. The monoisotopic (exact) mass is 382 g/mol. The summed E-state index contributed by atoms with van der Waals surface area (Å²) in [6.45, 7) is 7.26. The van der Waals surface area contributed by atoms with Crippen molar-refractivity contribution in [3.63, 3.8) is 0 Å². The van der Waals surface area contributed by atoms with Gasteiger partial charge in [0.05, 0.1) is 12.8 Å². The quantitative estimate of drug-likeness (QED) is 0.437. The molecule has 0 fully saturated rings. The number of aromatic hydroxyl groups is 1. The van der Waals surface area contributed by atoms with Gasteiger partial charge in [-0.15, -0.1) is 0 Å². The molecule has 28 heavy (non-hydrogen) atoms. The van der Waals surface area contributed by atoms with Crippen LogP contribution in [0.1, 0.15) is 50.3 Å². The maximum absolute atomic E-state index is 11.9. The molecule has 2 aromatic rings. The summed E-state index contributed by atoms with van der Waals surface area (Å²) in [7, 11) is 0. The fraction of sp³-hybridized carbons (Fsp3) is 0.304. The highest BCUT2D eigenvalue weighted by Gasteiger charge is 2.17. The molecule has 0 aromatic heterocycles. The SMILES string of the molecule is Cc1cc(O)cc(/C=C/c2ccc(OC(=O)CCC(=O)OC(C)(C)C)cc2)c1. The van der Waals surface area contributed by atoms with E-state index >= 15 is 0 Å². The van der Waals surface area contributed by atoms with Gasteiger partial charge < -0.3 is 14.6 Å². The standard InChI is InChI=1S/C23H26O5/c1-16-13-18(15-19(24)14-16)6-5-17-7-9-20(10-8-17)27-21(25)11-12-22(26)28-23(2,3)4/h5-10,13-15,24H,11-12H2,1-4H3/b6-5+. The Labute approximate surface area is 165 Å². The predicted molar refractivity (Wildman–Crippen MR) is 109 cm³/mol. The highest BCUT2D eigenvalue weighted by Crippen LogP contribution is 2.19. The zero-order chi connectivity index (χ0) is 20.7. The molecule has 0 saturated carbocycles. The van der Waals surface area contributed by atoms with E-state index in [0.717, 1.165) is 16.7 Å². The fourth-order valence-corrected chi connectivity index (χ4v) is 2.51. The number of aryl methyl sites for hydroxylation is 1. The van der Waals surface area contributed by atoms with E-state index in [1.165, 1.54) is 0 Å². The molecular formula is C23H26O5. The second-order valence-electron chi connectivity index (χ2n) is 7.56. The highest BCUT2D eigenvalue weighted by molar-refractivity contribution is 5.79. The Hall–Kier alpha value is -3.08. The zero-order valence-corrected chi connectivity index (χ0v) is 16.7. The van der Waals surface area contributed by atoms with Gasteiger partial charge in [-0.3, -0.25) is 9.59 Å². The smallest absolute Gasteiger partial charge is 0.311 e. The van der Waals surface area contributed by atoms with Crippen molar-refractivity contribution in [2.75, 3.05) is 0 Å². The van der Waals surface area contributed by atoms with Crippen LogP contribution < -0.4 is 4.74 Å². The first kappa shape index (κ1) is 21.2. The lowest BCUT2D eigenvalue weighted by Gasteiger charge is -2.19. The summed E-state index contributed by atoms with van der Waals surface area (Å²) < 4.78 is 10.4. The summed E-state index contributed by atoms with van der Waals surface area (Å²) in [5.41, 5.74) is 2.24. The zero-order valence-electron chi connectivity index (χ0n) is 16.7. The first-order chi connectivity index (χ1) is 13.1. The van der Waals surface area contributed by atoms with Crippen molar-refractivity contribution < 1.29 is 24.2 Å². The molecule has 2 rings (SSSR count). The number of esters is 2. The van der Waals surface area contributed by atoms with Crippen molar-refractivity contribution in [1.82, 2.24) is 0 Å². The van der Waals surface area contributed by atoms with Crippen molar-refractivity contribution in [3.05, 3.63) is 59.2 Å². The summed E-state index contributed by atoms with van der Waals surface area (Å²) in [6.07, 6.45) is 3.75. The largest absolute Gasteiger partial charge is 0.508 e. The summed E-state index contributed by atoms with van der Waals surface area (Å²) in [5.74, 6) is -0.260. The topological polar surface area (TPSA) is 72.8 Å². The van der Waals surface area contributed by atoms with Gasteiger partial charge in [0, 0.05) is 0 Å². The van der Waals surface area contributed by atoms with Crippen LogP contribution in [0.25, 0.3) is 12.2 Å². The first-order valence-corrected chi connectivity index (χ1v) is 9.12. The van der Waals surface area contributed by atoms with Crippen molar-refractivity contribution in [2.24, 2.45) is 0 Å². The summed E-state index contributed by atoms with van der Waals surface area (Å²) in [6, 6.07) is 12.4. The van der Waals surface area contributed by atoms with Gasteiger partial charge in [-0.25, -0.2) is 0 Å². The molecule has 0 atom stereocenters. The molecular weight excluding hydrogens is 356 g/mol. The van der Waals surface area contributed by atoms with Gasteiger partial charge in [0.2, 0.25) is 0 Å². The minimum Gasteiger partial charge on any atom is -0.508 e. The molecule has 0 aliphatic carbocycles. The van der Waals surface area contributed by atoms with Crippen LogP contribution in [0.5, 0.6) is 11.5 Å². The van der Waals surface area contributed by atoms with E-state index in [0.29, 0.717) is 5.75 Å². The maximum Gasteiger partial charge on any atom is 0.311 e. The average molecular weight is 382 g/mol. The first-order valence-electron chi connectivity index (χ1n) is 9.12. The van der Waals surface area contributed by atoms with E-state index < -0.39 is 17.5 Å². The Bertz CT molecular complexity index is 837. The Morgan fingerprint density at radius 1 is 0.929 bits per heavy atom. The van der Waals surface area contributed by atoms with Crippen molar-refractivity contribution in [3.8, 4) is 11.5 Å². The molecule has 0 unspecified atom stereocenters. The molecule has 5 heteroatoms. The van der Waals surface area contributed by atoms with Crippen LogP contribution in [0, 0.1) is 6.92 Å². The molecule has 1 N–H and O–H groups in total. The second-order valence-corrected chi connectivity index (χ2v) is 7.56. The molecule has 5 nitrogen and oxygen atoms in total. The second kappa shape index (κ2) is 9.22. The lowest BCUT2D eigenvalue weighted by atomic mass is 10.1.